The summed E-state index contributed by atoms with van der Waals surface area (Å²) in [6.45, 7) is 2.96. The van der Waals surface area contributed by atoms with Gasteiger partial charge in [0, 0.05) is 9.85 Å². The summed E-state index contributed by atoms with van der Waals surface area (Å²) in [4.78, 5) is 0.295. The van der Waals surface area contributed by atoms with E-state index in [0.717, 1.165) is 36.6 Å². The van der Waals surface area contributed by atoms with E-state index in [9.17, 15) is 0 Å². The van der Waals surface area contributed by atoms with Gasteiger partial charge in [0.2, 0.25) is 0 Å². The van der Waals surface area contributed by atoms with Crippen LogP contribution >= 0.6 is 27.5 Å². The van der Waals surface area contributed by atoms with Crippen LogP contribution in [-0.2, 0) is 6.42 Å². The van der Waals surface area contributed by atoms with Gasteiger partial charge in [-0.05, 0) is 48.2 Å². The molecule has 0 heterocycles. The van der Waals surface area contributed by atoms with Crippen LogP contribution in [0, 0.1) is 0 Å². The topological polar surface area (TPSA) is 9.23 Å². The molecule has 0 bridgehead atoms. The summed E-state index contributed by atoms with van der Waals surface area (Å²) in [5.41, 5.74) is 2.53. The molecule has 2 aromatic rings. The maximum absolute atomic E-state index is 5.91. The van der Waals surface area contributed by atoms with Crippen LogP contribution in [0.5, 0.6) is 5.75 Å². The zero-order valence-electron chi connectivity index (χ0n) is 12.2. The molecule has 1 unspecified atom stereocenters. The lowest BCUT2D eigenvalue weighted by atomic mass is 10.0. The van der Waals surface area contributed by atoms with E-state index in [4.69, 9.17) is 16.3 Å². The Balaban J connectivity index is 1.93. The number of ether oxygens (including phenoxy) is 1. The molecule has 0 fully saturated rings. The molecule has 0 spiro atoms. The van der Waals surface area contributed by atoms with Crippen molar-refractivity contribution in [3.63, 3.8) is 0 Å². The number of hydrogen-bond acceptors (Lipinski definition) is 1. The molecule has 2 rings (SSSR count). The van der Waals surface area contributed by atoms with Gasteiger partial charge >= 0.3 is 0 Å². The summed E-state index contributed by atoms with van der Waals surface area (Å²) < 4.78 is 5.68. The van der Waals surface area contributed by atoms with Crippen LogP contribution in [0.1, 0.15) is 35.7 Å². The summed E-state index contributed by atoms with van der Waals surface area (Å²) >= 11 is 9.66. The lowest BCUT2D eigenvalue weighted by molar-refractivity contribution is 0.309. The minimum atomic E-state index is 0.295. The summed E-state index contributed by atoms with van der Waals surface area (Å²) in [6, 6.07) is 16.3. The van der Waals surface area contributed by atoms with Gasteiger partial charge in [0.1, 0.15) is 5.75 Å². The molecule has 0 aromatic heterocycles. The van der Waals surface area contributed by atoms with E-state index < -0.39 is 0 Å². The van der Waals surface area contributed by atoms with Crippen LogP contribution in [0.15, 0.2) is 48.5 Å². The van der Waals surface area contributed by atoms with Crippen LogP contribution in [0.4, 0.5) is 0 Å². The number of unbranched alkanes of at least 4 members (excludes halogenated alkanes) is 1. The van der Waals surface area contributed by atoms with Gasteiger partial charge in [-0.25, -0.2) is 0 Å². The molecule has 1 atom stereocenters. The molecule has 0 amide bonds. The lowest BCUT2D eigenvalue weighted by Gasteiger charge is -2.12. The van der Waals surface area contributed by atoms with Gasteiger partial charge in [-0.2, -0.15) is 0 Å². The fourth-order valence-electron chi connectivity index (χ4n) is 2.05. The first kappa shape index (κ1) is 16.4. The number of alkyl halides is 1. The third kappa shape index (κ3) is 5.37. The number of benzene rings is 2. The lowest BCUT2D eigenvalue weighted by Crippen LogP contribution is -1.98. The van der Waals surface area contributed by atoms with Gasteiger partial charge in [0.25, 0.3) is 0 Å². The van der Waals surface area contributed by atoms with Gasteiger partial charge in [-0.3, -0.25) is 0 Å². The summed E-state index contributed by atoms with van der Waals surface area (Å²) in [6.07, 6.45) is 3.19. The standard InChI is InChI=1S/C18H20BrClO/c1-2-3-12-21-17-10-6-15(7-11-17)18(19)13-14-4-8-16(20)9-5-14/h4-11,18H,2-3,12-13H2,1H3. The monoisotopic (exact) mass is 366 g/mol. The Morgan fingerprint density at radius 2 is 1.71 bits per heavy atom. The number of halogens is 2. The Morgan fingerprint density at radius 3 is 2.33 bits per heavy atom. The second kappa shape index (κ2) is 8.45. The van der Waals surface area contributed by atoms with Crippen molar-refractivity contribution in [3.05, 3.63) is 64.7 Å². The molecule has 3 heteroatoms. The van der Waals surface area contributed by atoms with E-state index in [-0.39, 0.29) is 0 Å². The SMILES string of the molecule is CCCCOc1ccc(C(Br)Cc2ccc(Cl)cc2)cc1. The minimum Gasteiger partial charge on any atom is -0.494 e. The van der Waals surface area contributed by atoms with Crippen molar-refractivity contribution >= 4 is 27.5 Å². The molecule has 0 aliphatic rings. The first-order valence-corrected chi connectivity index (χ1v) is 8.59. The van der Waals surface area contributed by atoms with Gasteiger partial charge in [-0.1, -0.05) is 65.1 Å². The maximum atomic E-state index is 5.91. The fraction of sp³-hybridized carbons (Fsp3) is 0.333. The quantitative estimate of drug-likeness (QED) is 0.418. The molecule has 0 saturated carbocycles. The molecule has 0 N–H and O–H groups in total. The minimum absolute atomic E-state index is 0.295. The Hall–Kier alpha value is -0.990. The van der Waals surface area contributed by atoms with Crippen LogP contribution < -0.4 is 4.74 Å². The highest BCUT2D eigenvalue weighted by Gasteiger charge is 2.08. The van der Waals surface area contributed by atoms with Crippen LogP contribution in [0.25, 0.3) is 0 Å². The van der Waals surface area contributed by atoms with Crippen molar-refractivity contribution in [2.45, 2.75) is 31.0 Å². The van der Waals surface area contributed by atoms with Crippen molar-refractivity contribution in [1.29, 1.82) is 0 Å². The van der Waals surface area contributed by atoms with Crippen LogP contribution in [0.2, 0.25) is 5.02 Å². The first-order valence-electron chi connectivity index (χ1n) is 7.30. The molecule has 2 aromatic carbocycles. The van der Waals surface area contributed by atoms with Crippen LogP contribution in [-0.4, -0.2) is 6.61 Å². The zero-order chi connectivity index (χ0) is 15.1. The maximum Gasteiger partial charge on any atom is 0.119 e. The van der Waals surface area contributed by atoms with E-state index >= 15 is 0 Å². The third-order valence-corrected chi connectivity index (χ3v) is 4.44. The highest BCUT2D eigenvalue weighted by atomic mass is 79.9. The molecule has 1 nitrogen and oxygen atoms in total. The molecule has 112 valence electrons. The third-order valence-electron chi connectivity index (χ3n) is 3.34. The molecular weight excluding hydrogens is 348 g/mol. The van der Waals surface area contributed by atoms with Crippen molar-refractivity contribution in [1.82, 2.24) is 0 Å². The van der Waals surface area contributed by atoms with E-state index in [0.29, 0.717) is 4.83 Å². The predicted molar refractivity (Wildman–Crippen MR) is 93.7 cm³/mol. The molecular formula is C18H20BrClO. The summed E-state index contributed by atoms with van der Waals surface area (Å²) in [5.74, 6) is 0.943. The Kier molecular flexibility index (Phi) is 6.59. The van der Waals surface area contributed by atoms with Crippen molar-refractivity contribution in [2.75, 3.05) is 6.61 Å². The average molecular weight is 368 g/mol. The predicted octanol–water partition coefficient (Wildman–Crippen LogP) is 6.20. The Morgan fingerprint density at radius 1 is 1.05 bits per heavy atom. The molecule has 0 aliphatic heterocycles. The van der Waals surface area contributed by atoms with E-state index in [1.54, 1.807) is 0 Å². The van der Waals surface area contributed by atoms with Crippen molar-refractivity contribution in [3.8, 4) is 5.75 Å². The van der Waals surface area contributed by atoms with Gasteiger partial charge in [0.15, 0.2) is 0 Å². The normalized spacial score (nSPS) is 12.1. The summed E-state index contributed by atoms with van der Waals surface area (Å²) in [7, 11) is 0. The van der Waals surface area contributed by atoms with Gasteiger partial charge in [-0.15, -0.1) is 0 Å². The van der Waals surface area contributed by atoms with Crippen LogP contribution in [0.3, 0.4) is 0 Å². The van der Waals surface area contributed by atoms with E-state index in [2.05, 4.69) is 47.1 Å². The summed E-state index contributed by atoms with van der Waals surface area (Å²) in [5, 5.41) is 0.776. The molecule has 0 saturated heterocycles. The molecule has 21 heavy (non-hydrogen) atoms. The smallest absolute Gasteiger partial charge is 0.119 e. The highest BCUT2D eigenvalue weighted by Crippen LogP contribution is 2.28. The Bertz CT molecular complexity index is 536. The van der Waals surface area contributed by atoms with E-state index in [1.165, 1.54) is 11.1 Å². The fourth-order valence-corrected chi connectivity index (χ4v) is 2.86. The van der Waals surface area contributed by atoms with E-state index in [1.807, 2.05) is 24.3 Å². The highest BCUT2D eigenvalue weighted by molar-refractivity contribution is 9.09. The first-order chi connectivity index (χ1) is 10.2. The molecule has 0 radical (unpaired) electrons. The second-order valence-electron chi connectivity index (χ2n) is 5.07. The van der Waals surface area contributed by atoms with Gasteiger partial charge in [0.05, 0.1) is 6.61 Å². The largest absolute Gasteiger partial charge is 0.494 e. The molecule has 0 aliphatic carbocycles. The average Bonchev–Trinajstić information content (AvgIpc) is 2.50. The Labute approximate surface area is 140 Å². The van der Waals surface area contributed by atoms with Crippen molar-refractivity contribution in [2.24, 2.45) is 0 Å². The van der Waals surface area contributed by atoms with Gasteiger partial charge < -0.3 is 4.74 Å². The van der Waals surface area contributed by atoms with Crippen molar-refractivity contribution < 1.29 is 4.74 Å². The second-order valence-corrected chi connectivity index (χ2v) is 6.61. The number of hydrogen-bond donors (Lipinski definition) is 0. The number of rotatable bonds is 7. The zero-order valence-corrected chi connectivity index (χ0v) is 14.5.